The highest BCUT2D eigenvalue weighted by atomic mass is 79.9. The van der Waals surface area contributed by atoms with Gasteiger partial charge in [-0.15, -0.1) is 0 Å². The summed E-state index contributed by atoms with van der Waals surface area (Å²) in [5.41, 5.74) is -1.77. The minimum absolute atomic E-state index is 0.202. The second-order valence-electron chi connectivity index (χ2n) is 3.05. The van der Waals surface area contributed by atoms with Crippen LogP contribution < -0.4 is 5.32 Å². The van der Waals surface area contributed by atoms with Gasteiger partial charge in [-0.3, -0.25) is 0 Å². The molecule has 8 heteroatoms. The van der Waals surface area contributed by atoms with Crippen LogP contribution in [0.2, 0.25) is 0 Å². The van der Waals surface area contributed by atoms with Gasteiger partial charge in [0.15, 0.2) is 23.0 Å². The summed E-state index contributed by atoms with van der Waals surface area (Å²) in [6.07, 6.45) is 0. The summed E-state index contributed by atoms with van der Waals surface area (Å²) < 4.78 is 39.2. The number of hydrogen-bond donors (Lipinski definition) is 1. The minimum atomic E-state index is -1.74. The molecular weight excluding hydrogens is 325 g/mol. The third-order valence-corrected chi connectivity index (χ3v) is 2.57. The zero-order chi connectivity index (χ0) is 14.6. The van der Waals surface area contributed by atoms with Gasteiger partial charge in [0.05, 0.1) is 5.69 Å². The van der Waals surface area contributed by atoms with Crippen LogP contribution in [-0.4, -0.2) is 0 Å². The van der Waals surface area contributed by atoms with Crippen LogP contribution in [-0.2, 0) is 0 Å². The molecule has 1 N–H and O–H groups in total. The highest BCUT2D eigenvalue weighted by molar-refractivity contribution is 9.10. The van der Waals surface area contributed by atoms with E-state index in [1.165, 1.54) is 18.2 Å². The van der Waals surface area contributed by atoms with E-state index in [2.05, 4.69) is 21.2 Å². The number of hydrogen-bond acceptors (Lipinski definition) is 4. The van der Waals surface area contributed by atoms with Crippen LogP contribution in [0.3, 0.4) is 0 Å². The third-order valence-electron chi connectivity index (χ3n) is 1.95. The number of nitrogens with one attached hydrogen (secondary N) is 1. The van der Waals surface area contributed by atoms with Gasteiger partial charge < -0.3 is 5.32 Å². The van der Waals surface area contributed by atoms with Crippen LogP contribution in [0.5, 0.6) is 0 Å². The van der Waals surface area contributed by atoms with E-state index in [1.807, 2.05) is 0 Å². The molecule has 0 bridgehead atoms. The van der Waals surface area contributed by atoms with Crippen molar-refractivity contribution in [3.8, 4) is 18.2 Å². The molecule has 0 spiro atoms. The summed E-state index contributed by atoms with van der Waals surface area (Å²) in [6.45, 7) is 0. The summed E-state index contributed by atoms with van der Waals surface area (Å²) >= 11 is 2.78. The Morgan fingerprint density at radius 2 is 1.63 bits per heavy atom. The number of nitrogens with zero attached hydrogens (tertiary/aromatic N) is 3. The first kappa shape index (κ1) is 14.6. The Balaban J connectivity index is 3.41. The number of allylic oxidation sites excluding steroid dienone is 2. The molecule has 1 aromatic carbocycles. The fraction of sp³-hybridized carbons (Fsp3) is 0. The predicted octanol–water partition coefficient (Wildman–Crippen LogP) is 3.10. The Morgan fingerprint density at radius 3 is 2.11 bits per heavy atom. The van der Waals surface area contributed by atoms with Crippen LogP contribution in [0.1, 0.15) is 0 Å². The number of rotatable bonds is 2. The van der Waals surface area contributed by atoms with Crippen molar-refractivity contribution in [1.29, 1.82) is 15.8 Å². The molecule has 0 aromatic heterocycles. The van der Waals surface area contributed by atoms with Gasteiger partial charge in [-0.2, -0.15) is 15.8 Å². The molecule has 0 aliphatic heterocycles. The zero-order valence-corrected chi connectivity index (χ0v) is 10.5. The van der Waals surface area contributed by atoms with Crippen molar-refractivity contribution in [2.75, 3.05) is 5.32 Å². The third kappa shape index (κ3) is 2.85. The number of halogens is 4. The predicted molar refractivity (Wildman–Crippen MR) is 61.5 cm³/mol. The van der Waals surface area contributed by atoms with Crippen LogP contribution in [0, 0.1) is 51.4 Å². The second-order valence-corrected chi connectivity index (χ2v) is 3.91. The first-order valence-electron chi connectivity index (χ1n) is 4.50. The van der Waals surface area contributed by atoms with Gasteiger partial charge in [0.2, 0.25) is 0 Å². The minimum Gasteiger partial charge on any atom is -0.342 e. The van der Waals surface area contributed by atoms with Crippen molar-refractivity contribution in [3.63, 3.8) is 0 Å². The van der Waals surface area contributed by atoms with E-state index >= 15 is 0 Å². The Morgan fingerprint density at radius 1 is 1.05 bits per heavy atom. The molecule has 0 fully saturated rings. The molecule has 0 unspecified atom stereocenters. The van der Waals surface area contributed by atoms with Gasteiger partial charge >= 0.3 is 0 Å². The number of anilines is 1. The molecule has 0 atom stereocenters. The van der Waals surface area contributed by atoms with Crippen molar-refractivity contribution in [3.05, 3.63) is 39.3 Å². The Labute approximate surface area is 114 Å². The summed E-state index contributed by atoms with van der Waals surface area (Å²) in [7, 11) is 0. The standard InChI is InChI=1S/C11H2BrF3N4/c12-6-1-7(13)9(14)10(15)11(6)19-8(4-18)5(2-16)3-17/h1,19H. The van der Waals surface area contributed by atoms with Gasteiger partial charge in [0, 0.05) is 4.47 Å². The van der Waals surface area contributed by atoms with E-state index in [9.17, 15) is 13.2 Å². The first-order chi connectivity index (χ1) is 8.96. The normalized spacial score (nSPS) is 8.89. The lowest BCUT2D eigenvalue weighted by atomic mass is 10.2. The van der Waals surface area contributed by atoms with Crippen molar-refractivity contribution in [2.24, 2.45) is 0 Å². The molecule has 0 saturated carbocycles. The van der Waals surface area contributed by atoms with E-state index in [4.69, 9.17) is 15.8 Å². The SMILES string of the molecule is N#CC(C#N)=C(C#N)Nc1c(Br)cc(F)c(F)c1F. The second kappa shape index (κ2) is 5.90. The highest BCUT2D eigenvalue weighted by Crippen LogP contribution is 2.30. The summed E-state index contributed by atoms with van der Waals surface area (Å²) in [4.78, 5) is 0. The lowest BCUT2D eigenvalue weighted by Crippen LogP contribution is -2.06. The number of nitriles is 3. The molecule has 0 heterocycles. The van der Waals surface area contributed by atoms with Crippen LogP contribution in [0.15, 0.2) is 21.8 Å². The fourth-order valence-electron chi connectivity index (χ4n) is 1.09. The van der Waals surface area contributed by atoms with E-state index in [0.717, 1.165) is 0 Å². The van der Waals surface area contributed by atoms with Gasteiger partial charge in [0.25, 0.3) is 0 Å². The maximum Gasteiger partial charge on any atom is 0.196 e. The van der Waals surface area contributed by atoms with Crippen LogP contribution >= 0.6 is 15.9 Å². The number of benzene rings is 1. The fourth-order valence-corrected chi connectivity index (χ4v) is 1.56. The molecule has 0 aliphatic rings. The smallest absolute Gasteiger partial charge is 0.196 e. The van der Waals surface area contributed by atoms with Crippen molar-refractivity contribution < 1.29 is 13.2 Å². The zero-order valence-electron chi connectivity index (χ0n) is 8.93. The van der Waals surface area contributed by atoms with E-state index in [-0.39, 0.29) is 4.47 Å². The van der Waals surface area contributed by atoms with Gasteiger partial charge in [0.1, 0.15) is 23.9 Å². The molecule has 4 nitrogen and oxygen atoms in total. The topological polar surface area (TPSA) is 83.4 Å². The summed E-state index contributed by atoms with van der Waals surface area (Å²) in [5.74, 6) is -4.73. The average molecular weight is 327 g/mol. The Hall–Kier alpha value is -2.50. The molecular formula is C11H2BrF3N4. The van der Waals surface area contributed by atoms with E-state index in [0.29, 0.717) is 6.07 Å². The molecule has 1 aromatic rings. The van der Waals surface area contributed by atoms with Crippen LogP contribution in [0.4, 0.5) is 18.9 Å². The van der Waals surface area contributed by atoms with Gasteiger partial charge in [-0.25, -0.2) is 13.2 Å². The monoisotopic (exact) mass is 326 g/mol. The van der Waals surface area contributed by atoms with Gasteiger partial charge in [-0.1, -0.05) is 0 Å². The van der Waals surface area contributed by atoms with E-state index < -0.39 is 34.4 Å². The largest absolute Gasteiger partial charge is 0.342 e. The molecule has 0 amide bonds. The maximum absolute atomic E-state index is 13.5. The summed E-state index contributed by atoms with van der Waals surface area (Å²) in [6, 6.07) is 4.94. The molecule has 1 rings (SSSR count). The maximum atomic E-state index is 13.5. The van der Waals surface area contributed by atoms with Crippen molar-refractivity contribution in [1.82, 2.24) is 0 Å². The van der Waals surface area contributed by atoms with Crippen molar-refractivity contribution in [2.45, 2.75) is 0 Å². The lowest BCUT2D eigenvalue weighted by molar-refractivity contribution is 0.448. The molecule has 19 heavy (non-hydrogen) atoms. The van der Waals surface area contributed by atoms with Crippen LogP contribution in [0.25, 0.3) is 0 Å². The quantitative estimate of drug-likeness (QED) is 0.514. The highest BCUT2D eigenvalue weighted by Gasteiger charge is 2.19. The molecule has 94 valence electrons. The Bertz CT molecular complexity index is 676. The molecule has 0 aliphatic carbocycles. The molecule has 0 radical (unpaired) electrons. The van der Waals surface area contributed by atoms with Gasteiger partial charge in [-0.05, 0) is 22.0 Å². The van der Waals surface area contributed by atoms with Crippen molar-refractivity contribution >= 4 is 21.6 Å². The summed E-state index contributed by atoms with van der Waals surface area (Å²) in [5, 5.41) is 28.0. The Kier molecular flexibility index (Phi) is 4.52. The molecule has 0 saturated heterocycles. The van der Waals surface area contributed by atoms with E-state index in [1.54, 1.807) is 0 Å². The average Bonchev–Trinajstić information content (AvgIpc) is 2.40. The lowest BCUT2D eigenvalue weighted by Gasteiger charge is -2.09. The first-order valence-corrected chi connectivity index (χ1v) is 5.30.